The van der Waals surface area contributed by atoms with Crippen LogP contribution >= 0.6 is 0 Å². The maximum atomic E-state index is 4.74. The summed E-state index contributed by atoms with van der Waals surface area (Å²) in [5.74, 6) is 1.98. The predicted octanol–water partition coefficient (Wildman–Crippen LogP) is 7.66. The van der Waals surface area contributed by atoms with Gasteiger partial charge in [0.15, 0.2) is 0 Å². The van der Waals surface area contributed by atoms with E-state index >= 15 is 0 Å². The zero-order valence-corrected chi connectivity index (χ0v) is 16.9. The summed E-state index contributed by atoms with van der Waals surface area (Å²) in [5, 5.41) is 0. The molecule has 0 amide bonds. The number of hydrogen-bond donors (Lipinski definition) is 0. The second kappa shape index (κ2) is 13.5. The number of aromatic nitrogens is 2. The molecule has 0 bridgehead atoms. The summed E-state index contributed by atoms with van der Waals surface area (Å²) in [5.41, 5.74) is 0. The Labute approximate surface area is 151 Å². The zero-order chi connectivity index (χ0) is 17.6. The van der Waals surface area contributed by atoms with Crippen LogP contribution in [0.25, 0.3) is 0 Å². The van der Waals surface area contributed by atoms with Crippen LogP contribution in [-0.2, 0) is 0 Å². The molecule has 0 spiro atoms. The first-order valence-corrected chi connectivity index (χ1v) is 10.8. The molecule has 2 heteroatoms. The fourth-order valence-corrected chi connectivity index (χ4v) is 3.71. The summed E-state index contributed by atoms with van der Waals surface area (Å²) in [6.45, 7) is 9.27. The first-order valence-electron chi connectivity index (χ1n) is 10.8. The Kier molecular flexibility index (Phi) is 12.0. The Hall–Kier alpha value is -0.790. The van der Waals surface area contributed by atoms with Crippen LogP contribution in [0.5, 0.6) is 0 Å². The molecule has 140 valence electrons. The molecule has 0 aromatic carbocycles. The van der Waals surface area contributed by atoms with Crippen molar-refractivity contribution < 1.29 is 0 Å². The van der Waals surface area contributed by atoms with Crippen LogP contribution < -0.4 is 0 Å². The molecule has 0 fully saturated rings. The van der Waals surface area contributed by atoms with Crippen molar-refractivity contribution in [3.05, 3.63) is 18.2 Å². The molecule has 1 aromatic rings. The van der Waals surface area contributed by atoms with Gasteiger partial charge in [0, 0.05) is 24.4 Å². The summed E-state index contributed by atoms with van der Waals surface area (Å²) in [6, 6.07) is 0.596. The summed E-state index contributed by atoms with van der Waals surface area (Å²) < 4.78 is 2.47. The minimum atomic E-state index is 0.596. The highest BCUT2D eigenvalue weighted by Crippen LogP contribution is 2.28. The van der Waals surface area contributed by atoms with Gasteiger partial charge in [0.1, 0.15) is 5.82 Å². The average Bonchev–Trinajstić information content (AvgIpc) is 3.07. The van der Waals surface area contributed by atoms with Gasteiger partial charge in [0.05, 0.1) is 0 Å². The molecule has 0 saturated carbocycles. The number of imidazole rings is 1. The topological polar surface area (TPSA) is 17.8 Å². The van der Waals surface area contributed by atoms with E-state index in [9.17, 15) is 0 Å². The van der Waals surface area contributed by atoms with Gasteiger partial charge >= 0.3 is 0 Å². The minimum absolute atomic E-state index is 0.596. The van der Waals surface area contributed by atoms with E-state index in [0.29, 0.717) is 12.0 Å². The van der Waals surface area contributed by atoms with E-state index in [-0.39, 0.29) is 0 Å². The van der Waals surface area contributed by atoms with Crippen molar-refractivity contribution in [2.45, 2.75) is 123 Å². The van der Waals surface area contributed by atoms with E-state index in [1.807, 2.05) is 6.20 Å². The van der Waals surface area contributed by atoms with Crippen molar-refractivity contribution in [3.63, 3.8) is 0 Å². The molecule has 0 radical (unpaired) electrons. The second-order valence-corrected chi connectivity index (χ2v) is 7.55. The smallest absolute Gasteiger partial charge is 0.111 e. The molecule has 2 atom stereocenters. The highest BCUT2D eigenvalue weighted by atomic mass is 15.1. The summed E-state index contributed by atoms with van der Waals surface area (Å²) in [6.07, 6.45) is 21.8. The van der Waals surface area contributed by atoms with E-state index in [1.54, 1.807) is 0 Å². The minimum Gasteiger partial charge on any atom is -0.332 e. The summed E-state index contributed by atoms with van der Waals surface area (Å²) in [7, 11) is 0. The predicted molar refractivity (Wildman–Crippen MR) is 107 cm³/mol. The molecule has 0 aliphatic carbocycles. The Bertz CT molecular complexity index is 396. The fraction of sp³-hybridized carbons (Fsp3) is 0.864. The van der Waals surface area contributed by atoms with Gasteiger partial charge in [-0.05, 0) is 26.2 Å². The third-order valence-corrected chi connectivity index (χ3v) is 5.41. The lowest BCUT2D eigenvalue weighted by Crippen LogP contribution is -2.12. The van der Waals surface area contributed by atoms with E-state index < -0.39 is 0 Å². The highest BCUT2D eigenvalue weighted by molar-refractivity contribution is 5.02. The van der Waals surface area contributed by atoms with Crippen LogP contribution in [0.3, 0.4) is 0 Å². The van der Waals surface area contributed by atoms with Gasteiger partial charge < -0.3 is 4.57 Å². The molecule has 1 rings (SSSR count). The number of nitrogens with zero attached hydrogens (tertiary/aromatic N) is 2. The first-order chi connectivity index (χ1) is 11.7. The van der Waals surface area contributed by atoms with Crippen molar-refractivity contribution in [1.82, 2.24) is 9.55 Å². The van der Waals surface area contributed by atoms with Crippen molar-refractivity contribution in [2.24, 2.45) is 0 Å². The molecule has 0 N–H and O–H groups in total. The van der Waals surface area contributed by atoms with Crippen LogP contribution in [0.4, 0.5) is 0 Å². The normalized spacial score (nSPS) is 14.0. The molecule has 0 aliphatic heterocycles. The third kappa shape index (κ3) is 7.85. The van der Waals surface area contributed by atoms with E-state index in [0.717, 1.165) is 0 Å². The summed E-state index contributed by atoms with van der Waals surface area (Å²) >= 11 is 0. The van der Waals surface area contributed by atoms with Crippen LogP contribution in [0.15, 0.2) is 12.4 Å². The summed E-state index contributed by atoms with van der Waals surface area (Å²) in [4.78, 5) is 4.74. The zero-order valence-electron chi connectivity index (χ0n) is 16.9. The highest BCUT2D eigenvalue weighted by Gasteiger charge is 2.17. The number of unbranched alkanes of at least 4 members (excludes halogenated alkanes) is 8. The Morgan fingerprint density at radius 1 is 0.833 bits per heavy atom. The average molecular weight is 335 g/mol. The molecular weight excluding hydrogens is 292 g/mol. The van der Waals surface area contributed by atoms with E-state index in [4.69, 9.17) is 4.98 Å². The van der Waals surface area contributed by atoms with Crippen LogP contribution in [-0.4, -0.2) is 9.55 Å². The number of hydrogen-bond acceptors (Lipinski definition) is 1. The maximum absolute atomic E-state index is 4.74. The molecular formula is C22H42N2. The Morgan fingerprint density at radius 3 is 2.00 bits per heavy atom. The quantitative estimate of drug-likeness (QED) is 0.301. The largest absolute Gasteiger partial charge is 0.332 e. The lowest BCUT2D eigenvalue weighted by Gasteiger charge is -2.21. The molecule has 0 saturated heterocycles. The Balaban J connectivity index is 2.45. The van der Waals surface area contributed by atoms with Gasteiger partial charge in [-0.1, -0.05) is 85.0 Å². The standard InChI is InChI=1S/C22H42N2/c1-5-8-10-12-14-16-20(4)24-19-18-23-22(24)21(7-3)17-15-13-11-9-6-2/h18-21H,5-17H2,1-4H3. The monoisotopic (exact) mass is 334 g/mol. The van der Waals surface area contributed by atoms with Crippen molar-refractivity contribution in [2.75, 3.05) is 0 Å². The lowest BCUT2D eigenvalue weighted by atomic mass is 9.96. The van der Waals surface area contributed by atoms with Crippen molar-refractivity contribution in [3.8, 4) is 0 Å². The number of rotatable bonds is 15. The van der Waals surface area contributed by atoms with Gasteiger partial charge in [0.25, 0.3) is 0 Å². The van der Waals surface area contributed by atoms with Crippen LogP contribution in [0.2, 0.25) is 0 Å². The van der Waals surface area contributed by atoms with Crippen LogP contribution in [0, 0.1) is 0 Å². The fourth-order valence-electron chi connectivity index (χ4n) is 3.71. The molecule has 2 unspecified atom stereocenters. The van der Waals surface area contributed by atoms with Gasteiger partial charge in [-0.25, -0.2) is 4.98 Å². The van der Waals surface area contributed by atoms with Crippen molar-refractivity contribution in [1.29, 1.82) is 0 Å². The molecule has 24 heavy (non-hydrogen) atoms. The molecule has 1 heterocycles. The van der Waals surface area contributed by atoms with Crippen molar-refractivity contribution >= 4 is 0 Å². The first kappa shape index (κ1) is 21.3. The molecule has 0 aliphatic rings. The van der Waals surface area contributed by atoms with E-state index in [1.165, 1.54) is 89.3 Å². The lowest BCUT2D eigenvalue weighted by molar-refractivity contribution is 0.426. The SMILES string of the molecule is CCCCCCCC(CC)c1nccn1C(C)CCCCCCC. The molecule has 2 nitrogen and oxygen atoms in total. The van der Waals surface area contributed by atoms with Gasteiger partial charge in [-0.2, -0.15) is 0 Å². The Morgan fingerprint density at radius 2 is 1.42 bits per heavy atom. The third-order valence-electron chi connectivity index (χ3n) is 5.41. The van der Waals surface area contributed by atoms with Crippen LogP contribution in [0.1, 0.15) is 129 Å². The van der Waals surface area contributed by atoms with Gasteiger partial charge in [0.2, 0.25) is 0 Å². The van der Waals surface area contributed by atoms with E-state index in [2.05, 4.69) is 38.5 Å². The van der Waals surface area contributed by atoms with Gasteiger partial charge in [-0.15, -0.1) is 0 Å². The molecule has 1 aromatic heterocycles. The maximum Gasteiger partial charge on any atom is 0.111 e. The second-order valence-electron chi connectivity index (χ2n) is 7.55. The van der Waals surface area contributed by atoms with Gasteiger partial charge in [-0.3, -0.25) is 0 Å².